The number of aromatic nitrogens is 5. The number of ether oxygens (including phenoxy) is 1. The standard InChI is InChI=1S/C34H37FN6O4S/c1-5-45-34(42)28-21-8-10-22(11-9-21)29(28)37-30-25-16-17-40(19(2)3)32(25)39-31(38-30)26-18-41(33-24(26)14-15-27(35)36-33)46(43,44)23-12-6-20(4)7-13-23/h6-7,12-19,21-22,28-29H,5,8-11H2,1-4H3,(H,37,38,39)/t21?,22?,28-,29-/m1/s1. The number of benzene rings is 1. The van der Waals surface area contributed by atoms with Gasteiger partial charge in [-0.25, -0.2) is 27.3 Å². The number of hydrogen-bond donors (Lipinski definition) is 1. The van der Waals surface area contributed by atoms with E-state index in [0.717, 1.165) is 40.6 Å². The van der Waals surface area contributed by atoms with Crippen LogP contribution in [0.1, 0.15) is 58.1 Å². The fraction of sp³-hybridized carbons (Fsp3) is 0.412. The van der Waals surface area contributed by atoms with Crippen molar-refractivity contribution in [2.24, 2.45) is 17.8 Å². The molecule has 8 rings (SSSR count). The predicted octanol–water partition coefficient (Wildman–Crippen LogP) is 6.49. The van der Waals surface area contributed by atoms with Gasteiger partial charge >= 0.3 is 5.97 Å². The van der Waals surface area contributed by atoms with Crippen LogP contribution < -0.4 is 5.32 Å². The maximum atomic E-state index is 14.5. The van der Waals surface area contributed by atoms with Gasteiger partial charge in [0.25, 0.3) is 10.0 Å². The van der Waals surface area contributed by atoms with Gasteiger partial charge in [-0.3, -0.25) is 4.79 Å². The number of nitrogens with zero attached hydrogens (tertiary/aromatic N) is 5. The second kappa shape index (κ2) is 11.5. The third kappa shape index (κ3) is 5.03. The average Bonchev–Trinajstić information content (AvgIpc) is 3.64. The molecular formula is C34H37FN6O4S. The van der Waals surface area contributed by atoms with Gasteiger partial charge in [0.1, 0.15) is 11.5 Å². The Bertz CT molecular complexity index is 2060. The van der Waals surface area contributed by atoms with E-state index in [9.17, 15) is 17.6 Å². The van der Waals surface area contributed by atoms with Gasteiger partial charge in [0.2, 0.25) is 5.95 Å². The number of halogens is 1. The molecule has 0 unspecified atom stereocenters. The molecule has 0 amide bonds. The molecule has 3 saturated carbocycles. The van der Waals surface area contributed by atoms with Crippen molar-refractivity contribution in [3.05, 3.63) is 66.4 Å². The number of anilines is 1. The van der Waals surface area contributed by atoms with Crippen molar-refractivity contribution < 1.29 is 22.3 Å². The van der Waals surface area contributed by atoms with E-state index >= 15 is 0 Å². The second-order valence-corrected chi connectivity index (χ2v) is 14.5. The Morgan fingerprint density at radius 3 is 2.39 bits per heavy atom. The summed E-state index contributed by atoms with van der Waals surface area (Å²) in [5.74, 6) is 0.0729. The molecule has 0 spiro atoms. The highest BCUT2D eigenvalue weighted by atomic mass is 32.2. The lowest BCUT2D eigenvalue weighted by molar-refractivity contribution is -0.154. The van der Waals surface area contributed by atoms with E-state index in [0.29, 0.717) is 29.0 Å². The molecule has 46 heavy (non-hydrogen) atoms. The Labute approximate surface area is 267 Å². The number of nitrogens with one attached hydrogen (secondary N) is 1. The highest BCUT2D eigenvalue weighted by Gasteiger charge is 2.48. The van der Waals surface area contributed by atoms with E-state index < -0.39 is 16.0 Å². The van der Waals surface area contributed by atoms with E-state index in [1.807, 2.05) is 30.7 Å². The molecule has 12 heteroatoms. The first kappa shape index (κ1) is 30.3. The maximum absolute atomic E-state index is 14.5. The lowest BCUT2D eigenvalue weighted by Gasteiger charge is -2.47. The van der Waals surface area contributed by atoms with Gasteiger partial charge in [-0.2, -0.15) is 4.39 Å². The molecule has 1 N–H and O–H groups in total. The van der Waals surface area contributed by atoms with E-state index in [1.54, 1.807) is 12.1 Å². The molecule has 2 atom stereocenters. The number of pyridine rings is 1. The molecule has 3 aliphatic rings. The number of hydrogen-bond acceptors (Lipinski definition) is 8. The number of aryl methyl sites for hydroxylation is 1. The highest BCUT2D eigenvalue weighted by Crippen LogP contribution is 2.47. The quantitative estimate of drug-likeness (QED) is 0.150. The van der Waals surface area contributed by atoms with E-state index in [4.69, 9.17) is 14.7 Å². The van der Waals surface area contributed by atoms with Gasteiger partial charge in [0.05, 0.1) is 22.8 Å². The van der Waals surface area contributed by atoms with Crippen molar-refractivity contribution in [1.29, 1.82) is 0 Å². The summed E-state index contributed by atoms with van der Waals surface area (Å²) < 4.78 is 50.9. The Hall–Kier alpha value is -4.32. The monoisotopic (exact) mass is 644 g/mol. The van der Waals surface area contributed by atoms with Crippen LogP contribution in [-0.2, 0) is 19.6 Å². The van der Waals surface area contributed by atoms with Crippen LogP contribution in [0.5, 0.6) is 0 Å². The fourth-order valence-electron chi connectivity index (χ4n) is 7.31. The SMILES string of the molecule is CCOC(=O)[C@@H]1C2CCC(CC2)[C@H]1Nc1nc(-c2cn(S(=O)(=O)c3ccc(C)cc3)c3nc(F)ccc23)nc2c1ccn2C(C)C. The zero-order valence-electron chi connectivity index (χ0n) is 26.3. The minimum absolute atomic E-state index is 0.0531. The van der Waals surface area contributed by atoms with Crippen LogP contribution >= 0.6 is 0 Å². The normalized spacial score (nSPS) is 21.3. The number of rotatable bonds is 8. The Morgan fingerprint density at radius 1 is 0.978 bits per heavy atom. The Balaban J connectivity index is 1.41. The third-order valence-corrected chi connectivity index (χ3v) is 11.3. The minimum Gasteiger partial charge on any atom is -0.466 e. The summed E-state index contributed by atoms with van der Waals surface area (Å²) >= 11 is 0. The van der Waals surface area contributed by atoms with Crippen molar-refractivity contribution >= 4 is 43.9 Å². The zero-order chi connectivity index (χ0) is 32.3. The summed E-state index contributed by atoms with van der Waals surface area (Å²) in [6, 6.07) is 11.0. The first-order valence-electron chi connectivity index (χ1n) is 15.9. The molecule has 4 aromatic heterocycles. The molecule has 0 saturated heterocycles. The minimum atomic E-state index is -4.14. The fourth-order valence-corrected chi connectivity index (χ4v) is 8.63. The van der Waals surface area contributed by atoms with Gasteiger partial charge in [-0.1, -0.05) is 17.7 Å². The third-order valence-electron chi connectivity index (χ3n) is 9.61. The summed E-state index contributed by atoms with van der Waals surface area (Å²) in [5.41, 5.74) is 1.91. The van der Waals surface area contributed by atoms with Crippen LogP contribution in [0, 0.1) is 30.6 Å². The second-order valence-electron chi connectivity index (χ2n) is 12.7. The summed E-state index contributed by atoms with van der Waals surface area (Å²) in [6.07, 6.45) is 7.42. The molecule has 3 fully saturated rings. The van der Waals surface area contributed by atoms with Gasteiger partial charge < -0.3 is 14.6 Å². The van der Waals surface area contributed by atoms with Crippen molar-refractivity contribution in [2.45, 2.75) is 70.4 Å². The topological polar surface area (TPSA) is 121 Å². The molecule has 4 heterocycles. The summed E-state index contributed by atoms with van der Waals surface area (Å²) in [7, 11) is -4.14. The number of carbonyl (C=O) groups is 1. The molecule has 0 radical (unpaired) electrons. The van der Waals surface area contributed by atoms with Gasteiger partial charge in [-0.05, 0) is 95.5 Å². The summed E-state index contributed by atoms with van der Waals surface area (Å²) in [4.78, 5) is 27.3. The predicted molar refractivity (Wildman–Crippen MR) is 173 cm³/mol. The zero-order valence-corrected chi connectivity index (χ0v) is 27.1. The van der Waals surface area contributed by atoms with E-state index in [2.05, 4.69) is 24.1 Å². The van der Waals surface area contributed by atoms with Crippen LogP contribution in [0.4, 0.5) is 10.2 Å². The number of esters is 1. The van der Waals surface area contributed by atoms with Crippen molar-refractivity contribution in [3.8, 4) is 11.4 Å². The lowest BCUT2D eigenvalue weighted by atomic mass is 9.61. The molecule has 2 bridgehead atoms. The lowest BCUT2D eigenvalue weighted by Crippen LogP contribution is -2.52. The smallest absolute Gasteiger partial charge is 0.311 e. The van der Waals surface area contributed by atoms with Crippen molar-refractivity contribution in [3.63, 3.8) is 0 Å². The average molecular weight is 645 g/mol. The van der Waals surface area contributed by atoms with Crippen LogP contribution in [0.2, 0.25) is 0 Å². The molecule has 1 aromatic carbocycles. The Kier molecular flexibility index (Phi) is 7.57. The van der Waals surface area contributed by atoms with Gasteiger partial charge in [0, 0.05) is 35.4 Å². The van der Waals surface area contributed by atoms with Crippen LogP contribution in [0.25, 0.3) is 33.5 Å². The summed E-state index contributed by atoms with van der Waals surface area (Å²) in [6.45, 7) is 8.13. The molecule has 5 aromatic rings. The van der Waals surface area contributed by atoms with Gasteiger partial charge in [-0.15, -0.1) is 0 Å². The summed E-state index contributed by atoms with van der Waals surface area (Å²) in [5, 5.41) is 4.85. The largest absolute Gasteiger partial charge is 0.466 e. The highest BCUT2D eigenvalue weighted by molar-refractivity contribution is 7.90. The maximum Gasteiger partial charge on any atom is 0.311 e. The Morgan fingerprint density at radius 2 is 1.70 bits per heavy atom. The first-order valence-corrected chi connectivity index (χ1v) is 17.3. The molecule has 10 nitrogen and oxygen atoms in total. The van der Waals surface area contributed by atoms with Gasteiger partial charge in [0.15, 0.2) is 11.5 Å². The van der Waals surface area contributed by atoms with Crippen molar-refractivity contribution in [1.82, 2.24) is 23.5 Å². The van der Waals surface area contributed by atoms with E-state index in [1.165, 1.54) is 30.5 Å². The van der Waals surface area contributed by atoms with Crippen LogP contribution in [-0.4, -0.2) is 50.5 Å². The van der Waals surface area contributed by atoms with E-state index in [-0.39, 0.29) is 52.2 Å². The molecule has 0 aliphatic heterocycles. The number of carbonyl (C=O) groups excluding carboxylic acids is 1. The molecular weight excluding hydrogens is 607 g/mol. The first-order chi connectivity index (χ1) is 22.1. The molecule has 240 valence electrons. The van der Waals surface area contributed by atoms with Crippen LogP contribution in [0.15, 0.2) is 59.8 Å². The van der Waals surface area contributed by atoms with Crippen molar-refractivity contribution in [2.75, 3.05) is 11.9 Å². The number of fused-ring (bicyclic) bond motifs is 5. The molecule has 3 aliphatic carbocycles. The van der Waals surface area contributed by atoms with Crippen LogP contribution in [0.3, 0.4) is 0 Å².